The van der Waals surface area contributed by atoms with Crippen LogP contribution in [0, 0.1) is 13.8 Å². The van der Waals surface area contributed by atoms with Crippen molar-refractivity contribution in [2.24, 2.45) is 0 Å². The first-order valence-electron chi connectivity index (χ1n) is 8.33. The highest BCUT2D eigenvalue weighted by atomic mass is 35.5. The van der Waals surface area contributed by atoms with Crippen molar-refractivity contribution in [1.82, 2.24) is 4.98 Å². The van der Waals surface area contributed by atoms with Crippen LogP contribution in [0.25, 0.3) is 6.08 Å². The summed E-state index contributed by atoms with van der Waals surface area (Å²) in [4.78, 5) is 39.4. The van der Waals surface area contributed by atoms with E-state index in [2.05, 4.69) is 4.98 Å². The van der Waals surface area contributed by atoms with Gasteiger partial charge in [-0.25, -0.2) is 9.59 Å². The van der Waals surface area contributed by atoms with E-state index in [0.29, 0.717) is 16.4 Å². The lowest BCUT2D eigenvalue weighted by atomic mass is 10.1. The number of benzene rings is 1. The average molecular weight is 390 g/mol. The van der Waals surface area contributed by atoms with Gasteiger partial charge >= 0.3 is 11.9 Å². The Balaban J connectivity index is 2.05. The van der Waals surface area contributed by atoms with E-state index in [-0.39, 0.29) is 17.7 Å². The maximum absolute atomic E-state index is 12.5. The molecule has 1 N–H and O–H groups in total. The van der Waals surface area contributed by atoms with E-state index < -0.39 is 24.3 Å². The minimum Gasteiger partial charge on any atom is -0.462 e. The van der Waals surface area contributed by atoms with Gasteiger partial charge in [-0.1, -0.05) is 23.7 Å². The number of carbonyl (C=O) groups excluding carboxylic acids is 3. The van der Waals surface area contributed by atoms with Crippen molar-refractivity contribution < 1.29 is 23.9 Å². The molecule has 0 aliphatic heterocycles. The van der Waals surface area contributed by atoms with Gasteiger partial charge in [-0.05, 0) is 44.5 Å². The van der Waals surface area contributed by atoms with Crippen molar-refractivity contribution in [2.45, 2.75) is 20.8 Å². The highest BCUT2D eigenvalue weighted by Gasteiger charge is 2.25. The summed E-state index contributed by atoms with van der Waals surface area (Å²) in [5.41, 5.74) is 2.13. The molecule has 0 saturated heterocycles. The summed E-state index contributed by atoms with van der Waals surface area (Å²) in [6, 6.07) is 6.94. The standard InChI is InChI=1S/C20H20ClNO5/c1-4-26-20(25)19-13(3)22-12(2)18(19)16(23)11-27-17(24)9-8-14-6-5-7-15(21)10-14/h5-10,22H,4,11H2,1-3H3/b9-8+. The Hall–Kier alpha value is -2.86. The number of rotatable bonds is 7. The molecule has 1 aromatic heterocycles. The van der Waals surface area contributed by atoms with Crippen LogP contribution in [0.1, 0.15) is 44.6 Å². The molecule has 1 aromatic carbocycles. The predicted molar refractivity (Wildman–Crippen MR) is 102 cm³/mol. The monoisotopic (exact) mass is 389 g/mol. The average Bonchev–Trinajstić information content (AvgIpc) is 2.92. The van der Waals surface area contributed by atoms with Crippen molar-refractivity contribution in [3.63, 3.8) is 0 Å². The number of ether oxygens (including phenoxy) is 2. The van der Waals surface area contributed by atoms with Crippen molar-refractivity contribution in [1.29, 1.82) is 0 Å². The van der Waals surface area contributed by atoms with Crippen LogP contribution < -0.4 is 0 Å². The summed E-state index contributed by atoms with van der Waals surface area (Å²) in [5.74, 6) is -1.75. The summed E-state index contributed by atoms with van der Waals surface area (Å²) < 4.78 is 9.99. The summed E-state index contributed by atoms with van der Waals surface area (Å²) in [6.45, 7) is 4.74. The van der Waals surface area contributed by atoms with E-state index in [9.17, 15) is 14.4 Å². The van der Waals surface area contributed by atoms with Crippen molar-refractivity contribution in [3.8, 4) is 0 Å². The molecule has 6 nitrogen and oxygen atoms in total. The number of esters is 2. The number of nitrogens with one attached hydrogen (secondary N) is 1. The Morgan fingerprint density at radius 3 is 2.48 bits per heavy atom. The zero-order valence-corrected chi connectivity index (χ0v) is 16.1. The number of aryl methyl sites for hydroxylation is 2. The molecule has 2 rings (SSSR count). The fraction of sp³-hybridized carbons (Fsp3) is 0.250. The van der Waals surface area contributed by atoms with Crippen molar-refractivity contribution in [2.75, 3.05) is 13.2 Å². The van der Waals surface area contributed by atoms with E-state index in [1.54, 1.807) is 45.0 Å². The molecular formula is C20H20ClNO5. The van der Waals surface area contributed by atoms with Gasteiger partial charge in [0.2, 0.25) is 5.78 Å². The molecule has 0 amide bonds. The topological polar surface area (TPSA) is 85.5 Å². The lowest BCUT2D eigenvalue weighted by Crippen LogP contribution is -2.17. The van der Waals surface area contributed by atoms with Gasteiger partial charge in [-0.3, -0.25) is 4.79 Å². The van der Waals surface area contributed by atoms with Crippen LogP contribution in [0.5, 0.6) is 0 Å². The fourth-order valence-corrected chi connectivity index (χ4v) is 2.82. The highest BCUT2D eigenvalue weighted by Crippen LogP contribution is 2.20. The van der Waals surface area contributed by atoms with Gasteiger partial charge < -0.3 is 14.5 Å². The van der Waals surface area contributed by atoms with Gasteiger partial charge in [0.1, 0.15) is 0 Å². The lowest BCUT2D eigenvalue weighted by molar-refractivity contribution is -0.136. The van der Waals surface area contributed by atoms with Crippen LogP contribution in [0.15, 0.2) is 30.3 Å². The maximum atomic E-state index is 12.5. The highest BCUT2D eigenvalue weighted by molar-refractivity contribution is 6.30. The van der Waals surface area contributed by atoms with Crippen LogP contribution in [0.3, 0.4) is 0 Å². The first kappa shape index (κ1) is 20.5. The molecule has 0 atom stereocenters. The van der Waals surface area contributed by atoms with Gasteiger partial charge in [0, 0.05) is 22.5 Å². The lowest BCUT2D eigenvalue weighted by Gasteiger charge is -2.06. The van der Waals surface area contributed by atoms with E-state index in [1.165, 1.54) is 12.2 Å². The summed E-state index contributed by atoms with van der Waals surface area (Å²) in [7, 11) is 0. The molecule has 2 aromatic rings. The molecule has 142 valence electrons. The number of ketones is 1. The molecule has 0 aliphatic carbocycles. The number of carbonyl (C=O) groups is 3. The maximum Gasteiger partial charge on any atom is 0.340 e. The second-order valence-electron chi connectivity index (χ2n) is 5.76. The van der Waals surface area contributed by atoms with E-state index in [1.807, 2.05) is 0 Å². The minimum absolute atomic E-state index is 0.171. The number of hydrogen-bond acceptors (Lipinski definition) is 5. The molecule has 27 heavy (non-hydrogen) atoms. The first-order valence-corrected chi connectivity index (χ1v) is 8.71. The van der Waals surface area contributed by atoms with E-state index in [0.717, 1.165) is 5.56 Å². The second-order valence-corrected chi connectivity index (χ2v) is 6.20. The van der Waals surface area contributed by atoms with Crippen molar-refractivity contribution >= 4 is 35.4 Å². The Bertz CT molecular complexity index is 898. The second kappa shape index (κ2) is 9.19. The van der Waals surface area contributed by atoms with Crippen molar-refractivity contribution in [3.05, 3.63) is 63.4 Å². The Morgan fingerprint density at radius 2 is 1.81 bits per heavy atom. The van der Waals surface area contributed by atoms with Gasteiger partial charge in [0.15, 0.2) is 6.61 Å². The molecule has 0 fully saturated rings. The summed E-state index contributed by atoms with van der Waals surface area (Å²) >= 11 is 5.87. The number of Topliss-reactive ketones (excluding diaryl/α,β-unsaturated/α-hetero) is 1. The van der Waals surface area contributed by atoms with Gasteiger partial charge in [-0.2, -0.15) is 0 Å². The normalized spacial score (nSPS) is 10.8. The third kappa shape index (κ3) is 5.31. The largest absolute Gasteiger partial charge is 0.462 e. The number of aromatic nitrogens is 1. The van der Waals surface area contributed by atoms with E-state index >= 15 is 0 Å². The first-order chi connectivity index (χ1) is 12.8. The van der Waals surface area contributed by atoms with Gasteiger partial charge in [-0.15, -0.1) is 0 Å². The summed E-state index contributed by atoms with van der Waals surface area (Å²) in [6.07, 6.45) is 2.74. The Kier molecular flexibility index (Phi) is 6.96. The van der Waals surface area contributed by atoms with Crippen LogP contribution in [0.2, 0.25) is 5.02 Å². The summed E-state index contributed by atoms with van der Waals surface area (Å²) in [5, 5.41) is 0.547. The zero-order valence-electron chi connectivity index (χ0n) is 15.3. The zero-order chi connectivity index (χ0) is 20.0. The molecule has 0 unspecified atom stereocenters. The third-order valence-electron chi connectivity index (χ3n) is 3.74. The molecule has 0 saturated carbocycles. The molecule has 0 radical (unpaired) electrons. The van der Waals surface area contributed by atoms with Gasteiger partial charge in [0.05, 0.1) is 17.7 Å². The molecule has 7 heteroatoms. The van der Waals surface area contributed by atoms with Crippen LogP contribution in [0.4, 0.5) is 0 Å². The van der Waals surface area contributed by atoms with Crippen LogP contribution >= 0.6 is 11.6 Å². The smallest absolute Gasteiger partial charge is 0.340 e. The van der Waals surface area contributed by atoms with Crippen LogP contribution in [-0.2, 0) is 14.3 Å². The van der Waals surface area contributed by atoms with Gasteiger partial charge in [0.25, 0.3) is 0 Å². The molecule has 0 bridgehead atoms. The fourth-order valence-electron chi connectivity index (χ4n) is 2.62. The third-order valence-corrected chi connectivity index (χ3v) is 3.97. The Morgan fingerprint density at radius 1 is 1.11 bits per heavy atom. The number of halogens is 1. The van der Waals surface area contributed by atoms with E-state index in [4.69, 9.17) is 21.1 Å². The minimum atomic E-state index is -0.675. The molecule has 0 aliphatic rings. The SMILES string of the molecule is CCOC(=O)c1c(C)[nH]c(C)c1C(=O)COC(=O)/C=C/c1cccc(Cl)c1. The van der Waals surface area contributed by atoms with Crippen LogP contribution in [-0.4, -0.2) is 35.9 Å². The number of hydrogen-bond donors (Lipinski definition) is 1. The Labute approximate surface area is 162 Å². The quantitative estimate of drug-likeness (QED) is 0.441. The predicted octanol–water partition coefficient (Wildman–Crippen LogP) is 3.90. The molecule has 0 spiro atoms. The number of H-pyrrole nitrogens is 1. The molecular weight excluding hydrogens is 370 g/mol. The number of aromatic amines is 1. The molecule has 1 heterocycles.